The maximum Gasteiger partial charge on any atom is 0.133 e. The number of fused-ring (bicyclic) bond motifs is 1. The Morgan fingerprint density at radius 2 is 2.33 bits per heavy atom. The molecule has 0 saturated carbocycles. The van der Waals surface area contributed by atoms with Crippen LogP contribution in [0.2, 0.25) is 5.02 Å². The van der Waals surface area contributed by atoms with Crippen LogP contribution >= 0.6 is 11.6 Å². The minimum Gasteiger partial charge on any atom is -0.372 e. The largest absolute Gasteiger partial charge is 0.372 e. The number of ether oxygens (including phenoxy) is 1. The smallest absolute Gasteiger partial charge is 0.133 e. The predicted octanol–water partition coefficient (Wildman–Crippen LogP) is 3.65. The highest BCUT2D eigenvalue weighted by Gasteiger charge is 2.30. The summed E-state index contributed by atoms with van der Waals surface area (Å²) in [5.74, 6) is 1.10. The summed E-state index contributed by atoms with van der Waals surface area (Å²) >= 11 is 6.26. The van der Waals surface area contributed by atoms with Gasteiger partial charge in [-0.2, -0.15) is 5.10 Å². The molecule has 1 saturated heterocycles. The van der Waals surface area contributed by atoms with E-state index in [1.165, 1.54) is 5.56 Å². The van der Waals surface area contributed by atoms with Crippen LogP contribution in [0.1, 0.15) is 35.8 Å². The molecule has 2 aromatic rings. The summed E-state index contributed by atoms with van der Waals surface area (Å²) in [6, 6.07) is 6.07. The van der Waals surface area contributed by atoms with Gasteiger partial charge in [-0.3, -0.25) is 0 Å². The second-order valence-corrected chi connectivity index (χ2v) is 6.14. The summed E-state index contributed by atoms with van der Waals surface area (Å²) in [7, 11) is 0. The average Bonchev–Trinajstić information content (AvgIpc) is 3.17. The molecule has 1 fully saturated rings. The van der Waals surface area contributed by atoms with Crippen LogP contribution in [-0.2, 0) is 11.2 Å². The first-order valence-corrected chi connectivity index (χ1v) is 7.85. The molecule has 1 aromatic heterocycles. The number of aryl methyl sites for hydroxylation is 1. The number of benzene rings is 1. The number of rotatable bonds is 2. The number of nitrogens with one attached hydrogen (secondary N) is 1. The molecule has 1 unspecified atom stereocenters. The summed E-state index contributed by atoms with van der Waals surface area (Å²) in [6.45, 7) is 3.82. The van der Waals surface area contributed by atoms with E-state index in [0.717, 1.165) is 60.2 Å². The number of nitrogens with zero attached hydrogens (tertiary/aromatic N) is 2. The molecule has 2 aliphatic rings. The first-order chi connectivity index (χ1) is 10.2. The fourth-order valence-electron chi connectivity index (χ4n) is 3.15. The molecule has 4 rings (SSSR count). The Balaban J connectivity index is 1.81. The molecule has 110 valence electrons. The molecule has 2 aliphatic heterocycles. The average molecular weight is 304 g/mol. The Hall–Kier alpha value is -1.52. The third-order valence-corrected chi connectivity index (χ3v) is 4.72. The molecule has 1 atom stereocenters. The Morgan fingerprint density at radius 3 is 3.10 bits per heavy atom. The van der Waals surface area contributed by atoms with Crippen molar-refractivity contribution in [1.29, 1.82) is 0 Å². The number of hydrogen-bond acceptors (Lipinski definition) is 3. The second-order valence-electron chi connectivity index (χ2n) is 5.74. The molecule has 4 nitrogen and oxygen atoms in total. The summed E-state index contributed by atoms with van der Waals surface area (Å²) in [5, 5.41) is 9.04. The molecule has 0 amide bonds. The molecule has 5 heteroatoms. The lowest BCUT2D eigenvalue weighted by Crippen LogP contribution is -2.06. The molecular weight excluding hydrogens is 286 g/mol. The quantitative estimate of drug-likeness (QED) is 0.920. The van der Waals surface area contributed by atoms with Gasteiger partial charge in [-0.05, 0) is 43.9 Å². The van der Waals surface area contributed by atoms with Gasteiger partial charge in [0.05, 0.1) is 11.4 Å². The van der Waals surface area contributed by atoms with Crippen molar-refractivity contribution in [3.8, 4) is 5.69 Å². The van der Waals surface area contributed by atoms with Crippen molar-refractivity contribution in [1.82, 2.24) is 9.78 Å². The highest BCUT2D eigenvalue weighted by Crippen LogP contribution is 2.37. The number of aromatic nitrogens is 2. The topological polar surface area (TPSA) is 39.1 Å². The highest BCUT2D eigenvalue weighted by atomic mass is 35.5. The van der Waals surface area contributed by atoms with E-state index < -0.39 is 0 Å². The lowest BCUT2D eigenvalue weighted by atomic mass is 10.1. The van der Waals surface area contributed by atoms with Gasteiger partial charge in [-0.1, -0.05) is 17.7 Å². The Bertz CT molecular complexity index is 689. The van der Waals surface area contributed by atoms with E-state index in [0.29, 0.717) is 0 Å². The van der Waals surface area contributed by atoms with E-state index in [1.807, 2.05) is 23.7 Å². The second kappa shape index (κ2) is 5.04. The Labute approximate surface area is 129 Å². The summed E-state index contributed by atoms with van der Waals surface area (Å²) < 4.78 is 7.80. The lowest BCUT2D eigenvalue weighted by Gasteiger charge is -2.09. The summed E-state index contributed by atoms with van der Waals surface area (Å²) in [5.41, 5.74) is 4.49. The van der Waals surface area contributed by atoms with Crippen molar-refractivity contribution in [3.05, 3.63) is 40.0 Å². The van der Waals surface area contributed by atoms with Gasteiger partial charge in [-0.15, -0.1) is 0 Å². The molecular formula is C16H18ClN3O. The summed E-state index contributed by atoms with van der Waals surface area (Å²) in [4.78, 5) is 0. The molecule has 1 aromatic carbocycles. The fraction of sp³-hybridized carbons (Fsp3) is 0.438. The monoisotopic (exact) mass is 303 g/mol. The van der Waals surface area contributed by atoms with Crippen molar-refractivity contribution in [2.45, 2.75) is 32.3 Å². The van der Waals surface area contributed by atoms with Crippen LogP contribution in [0.3, 0.4) is 0 Å². The van der Waals surface area contributed by atoms with Gasteiger partial charge < -0.3 is 10.1 Å². The fourth-order valence-corrected chi connectivity index (χ4v) is 3.33. The van der Waals surface area contributed by atoms with Gasteiger partial charge in [0.15, 0.2) is 0 Å². The zero-order valence-corrected chi connectivity index (χ0v) is 12.8. The van der Waals surface area contributed by atoms with Gasteiger partial charge in [0, 0.05) is 23.7 Å². The van der Waals surface area contributed by atoms with E-state index in [2.05, 4.69) is 11.4 Å². The third-order valence-electron chi connectivity index (χ3n) is 4.32. The first kappa shape index (κ1) is 13.2. The zero-order valence-electron chi connectivity index (χ0n) is 12.0. The predicted molar refractivity (Wildman–Crippen MR) is 83.4 cm³/mol. The van der Waals surface area contributed by atoms with Crippen molar-refractivity contribution < 1.29 is 4.74 Å². The maximum absolute atomic E-state index is 6.26. The third kappa shape index (κ3) is 2.14. The molecule has 0 radical (unpaired) electrons. The van der Waals surface area contributed by atoms with Gasteiger partial charge in [0.25, 0.3) is 0 Å². The van der Waals surface area contributed by atoms with Gasteiger partial charge in [0.2, 0.25) is 0 Å². The lowest BCUT2D eigenvalue weighted by molar-refractivity contribution is 0.107. The molecule has 1 N–H and O–H groups in total. The minimum atomic E-state index is 0.154. The van der Waals surface area contributed by atoms with Crippen molar-refractivity contribution >= 4 is 17.4 Å². The Morgan fingerprint density at radius 1 is 1.43 bits per heavy atom. The first-order valence-electron chi connectivity index (χ1n) is 7.48. The molecule has 0 bridgehead atoms. The number of hydrogen-bond donors (Lipinski definition) is 1. The van der Waals surface area contributed by atoms with Crippen molar-refractivity contribution in [2.24, 2.45) is 0 Å². The zero-order chi connectivity index (χ0) is 14.4. The van der Waals surface area contributed by atoms with E-state index in [4.69, 9.17) is 21.4 Å². The van der Waals surface area contributed by atoms with Gasteiger partial charge >= 0.3 is 0 Å². The molecule has 0 aliphatic carbocycles. The minimum absolute atomic E-state index is 0.154. The van der Waals surface area contributed by atoms with Crippen LogP contribution in [0.15, 0.2) is 18.2 Å². The van der Waals surface area contributed by atoms with Crippen molar-refractivity contribution in [2.75, 3.05) is 18.5 Å². The number of halogens is 1. The van der Waals surface area contributed by atoms with Crippen LogP contribution in [0, 0.1) is 6.92 Å². The molecule has 3 heterocycles. The van der Waals surface area contributed by atoms with Crippen molar-refractivity contribution in [3.63, 3.8) is 0 Å². The molecule has 0 spiro atoms. The van der Waals surface area contributed by atoms with Gasteiger partial charge in [-0.25, -0.2) is 4.68 Å². The standard InChI is InChI=1S/C16H18ClN3O/c1-10-4-5-11(9-13(10)17)20-16-12(6-7-18-16)15(19-20)14-3-2-8-21-14/h4-5,9,14,18H,2-3,6-8H2,1H3. The Kier molecular flexibility index (Phi) is 3.16. The molecule has 21 heavy (non-hydrogen) atoms. The SMILES string of the molecule is Cc1ccc(-n2nc(C3CCCO3)c3c2NCC3)cc1Cl. The maximum atomic E-state index is 6.26. The van der Waals surface area contributed by atoms with E-state index in [9.17, 15) is 0 Å². The van der Waals surface area contributed by atoms with E-state index in [1.54, 1.807) is 0 Å². The van der Waals surface area contributed by atoms with Crippen LogP contribution in [0.25, 0.3) is 5.69 Å². The normalized spacial score (nSPS) is 20.6. The van der Waals surface area contributed by atoms with Crippen LogP contribution in [0.5, 0.6) is 0 Å². The van der Waals surface area contributed by atoms with Crippen LogP contribution in [-0.4, -0.2) is 22.9 Å². The van der Waals surface area contributed by atoms with E-state index in [-0.39, 0.29) is 6.10 Å². The highest BCUT2D eigenvalue weighted by molar-refractivity contribution is 6.31. The number of anilines is 1. The van der Waals surface area contributed by atoms with Crippen LogP contribution in [0.4, 0.5) is 5.82 Å². The summed E-state index contributed by atoms with van der Waals surface area (Å²) in [6.07, 6.45) is 3.36. The van der Waals surface area contributed by atoms with E-state index >= 15 is 0 Å². The van der Waals surface area contributed by atoms with Crippen LogP contribution < -0.4 is 5.32 Å². The van der Waals surface area contributed by atoms with Gasteiger partial charge in [0.1, 0.15) is 11.9 Å².